The molecular formula is C31H29ClF3N7O2. The fourth-order valence-corrected chi connectivity index (χ4v) is 5.98. The van der Waals surface area contributed by atoms with Gasteiger partial charge in [-0.25, -0.2) is 9.50 Å². The Bertz CT molecular complexity index is 1960. The molecule has 1 aliphatic rings. The molecule has 1 aliphatic heterocycles. The Morgan fingerprint density at radius 2 is 1.89 bits per heavy atom. The molecule has 0 unspecified atom stereocenters. The second-order valence-electron chi connectivity index (χ2n) is 11.5. The van der Waals surface area contributed by atoms with E-state index in [9.17, 15) is 22.8 Å². The number of halogens is 4. The molecular weight excluding hydrogens is 595 g/mol. The van der Waals surface area contributed by atoms with Crippen LogP contribution in [0.25, 0.3) is 22.7 Å². The quantitative estimate of drug-likeness (QED) is 0.257. The van der Waals surface area contributed by atoms with Gasteiger partial charge in [0.25, 0.3) is 11.5 Å². The third-order valence-electron chi connectivity index (χ3n) is 7.83. The van der Waals surface area contributed by atoms with Gasteiger partial charge in [0, 0.05) is 28.3 Å². The van der Waals surface area contributed by atoms with Crippen LogP contribution in [0.5, 0.6) is 0 Å². The van der Waals surface area contributed by atoms with Crippen molar-refractivity contribution in [3.05, 3.63) is 97.8 Å². The Hall–Kier alpha value is -4.45. The van der Waals surface area contributed by atoms with Gasteiger partial charge in [-0.3, -0.25) is 19.3 Å². The van der Waals surface area contributed by atoms with Gasteiger partial charge in [-0.15, -0.1) is 0 Å². The highest BCUT2D eigenvalue weighted by Gasteiger charge is 2.36. The average Bonchev–Trinajstić information content (AvgIpc) is 3.59. The molecule has 2 aromatic carbocycles. The first-order valence-corrected chi connectivity index (χ1v) is 14.5. The van der Waals surface area contributed by atoms with E-state index in [0.29, 0.717) is 40.7 Å². The van der Waals surface area contributed by atoms with Crippen LogP contribution in [0, 0.1) is 12.8 Å². The van der Waals surface area contributed by atoms with Gasteiger partial charge in [0.1, 0.15) is 11.5 Å². The summed E-state index contributed by atoms with van der Waals surface area (Å²) in [4.78, 5) is 33.7. The number of alkyl halides is 3. The number of hydrogen-bond acceptors (Lipinski definition) is 5. The maximum absolute atomic E-state index is 14.3. The Labute approximate surface area is 255 Å². The number of carbonyl (C=O) groups excluding carboxylic acids is 1. The molecule has 0 saturated heterocycles. The minimum absolute atomic E-state index is 0.00218. The first kappa shape index (κ1) is 29.6. The first-order valence-electron chi connectivity index (χ1n) is 14.1. The van der Waals surface area contributed by atoms with Crippen molar-refractivity contribution < 1.29 is 18.0 Å². The van der Waals surface area contributed by atoms with Gasteiger partial charge in [-0.1, -0.05) is 25.4 Å². The fraction of sp³-hybridized carbons (Fsp3) is 0.323. The van der Waals surface area contributed by atoms with Crippen molar-refractivity contribution in [3.63, 3.8) is 0 Å². The molecule has 0 aliphatic carbocycles. The molecule has 0 radical (unpaired) electrons. The molecule has 4 heterocycles. The van der Waals surface area contributed by atoms with Gasteiger partial charge in [-0.05, 0) is 75.1 Å². The number of H-pyrrole nitrogens is 1. The van der Waals surface area contributed by atoms with E-state index in [-0.39, 0.29) is 30.0 Å². The third-order valence-corrected chi connectivity index (χ3v) is 8.16. The molecule has 0 saturated carbocycles. The second kappa shape index (κ2) is 10.9. The Balaban J connectivity index is 1.46. The van der Waals surface area contributed by atoms with Gasteiger partial charge in [0.2, 0.25) is 0 Å². The van der Waals surface area contributed by atoms with Crippen LogP contribution < -0.4 is 5.56 Å². The topological polar surface area (TPSA) is 101 Å². The third kappa shape index (κ3) is 5.17. The molecule has 9 nitrogen and oxygen atoms in total. The number of rotatable bonds is 5. The molecule has 1 amide bonds. The SMILES string of the molecule is Cc1nc(-c2ccc(-n3c(=O)c4c(n5ncc(CC(C)C)c35)CN(C(=O)c3ccc(Cl)c(C(F)(F)F)c3)[C@H](C)C4)cc2)n[nH]1. The number of benzene rings is 2. The van der Waals surface area contributed by atoms with Crippen LogP contribution in [0.15, 0.2) is 53.5 Å². The molecule has 1 N–H and O–H groups in total. The van der Waals surface area contributed by atoms with Crippen molar-refractivity contribution in [1.29, 1.82) is 0 Å². The van der Waals surface area contributed by atoms with E-state index >= 15 is 0 Å². The zero-order chi connectivity index (χ0) is 31.5. The number of aromatic amines is 1. The lowest BCUT2D eigenvalue weighted by Crippen LogP contribution is -2.46. The van der Waals surface area contributed by atoms with Crippen LogP contribution in [0.2, 0.25) is 5.02 Å². The molecule has 0 spiro atoms. The summed E-state index contributed by atoms with van der Waals surface area (Å²) in [6.45, 7) is 7.73. The monoisotopic (exact) mass is 623 g/mol. The van der Waals surface area contributed by atoms with Crippen LogP contribution in [0.4, 0.5) is 13.2 Å². The largest absolute Gasteiger partial charge is 0.417 e. The highest BCUT2D eigenvalue weighted by Crippen LogP contribution is 2.36. The fourth-order valence-electron chi connectivity index (χ4n) is 5.75. The van der Waals surface area contributed by atoms with Gasteiger partial charge < -0.3 is 4.90 Å². The summed E-state index contributed by atoms with van der Waals surface area (Å²) >= 11 is 5.79. The zero-order valence-corrected chi connectivity index (χ0v) is 25.2. The van der Waals surface area contributed by atoms with Crippen molar-refractivity contribution in [2.24, 2.45) is 5.92 Å². The van der Waals surface area contributed by atoms with Crippen LogP contribution in [-0.2, 0) is 25.6 Å². The normalized spacial score (nSPS) is 15.3. The highest BCUT2D eigenvalue weighted by molar-refractivity contribution is 6.31. The van der Waals surface area contributed by atoms with E-state index < -0.39 is 28.7 Å². The summed E-state index contributed by atoms with van der Waals surface area (Å²) in [7, 11) is 0. The van der Waals surface area contributed by atoms with Crippen LogP contribution in [-0.4, -0.2) is 46.2 Å². The molecule has 6 rings (SSSR count). The lowest BCUT2D eigenvalue weighted by atomic mass is 9.97. The van der Waals surface area contributed by atoms with E-state index in [1.165, 1.54) is 11.0 Å². The minimum Gasteiger partial charge on any atom is -0.330 e. The summed E-state index contributed by atoms with van der Waals surface area (Å²) < 4.78 is 44.0. The van der Waals surface area contributed by atoms with Crippen molar-refractivity contribution in [1.82, 2.24) is 34.3 Å². The summed E-state index contributed by atoms with van der Waals surface area (Å²) in [6, 6.07) is 10.0. The summed E-state index contributed by atoms with van der Waals surface area (Å²) in [5.74, 6) is 0.913. The van der Waals surface area contributed by atoms with Crippen molar-refractivity contribution in [3.8, 4) is 17.1 Å². The molecule has 13 heteroatoms. The maximum atomic E-state index is 14.3. The number of aryl methyl sites for hydroxylation is 1. The van der Waals surface area contributed by atoms with E-state index in [0.717, 1.165) is 23.3 Å². The summed E-state index contributed by atoms with van der Waals surface area (Å²) in [5, 5.41) is 11.2. The summed E-state index contributed by atoms with van der Waals surface area (Å²) in [5.41, 5.74) is 2.44. The Morgan fingerprint density at radius 3 is 2.52 bits per heavy atom. The lowest BCUT2D eigenvalue weighted by Gasteiger charge is -2.35. The number of carbonyl (C=O) groups is 1. The summed E-state index contributed by atoms with van der Waals surface area (Å²) in [6.07, 6.45) is -2.13. The Morgan fingerprint density at radius 1 is 1.16 bits per heavy atom. The van der Waals surface area contributed by atoms with Gasteiger partial charge in [0.05, 0.1) is 34.7 Å². The predicted molar refractivity (Wildman–Crippen MR) is 159 cm³/mol. The standard InChI is InChI=1S/C31H29ClF3N7O2/c1-16(2)11-21-14-36-42-26-15-40(29(43)20-7-10-25(32)24(13-20)31(33,34)35)17(3)12-23(26)30(44)41(28(21)42)22-8-5-19(6-9-22)27-37-18(4)38-39-27/h5-10,13-14,16-17H,11-12,15H2,1-4H3,(H,37,38,39)/t17-/m1/s1. The van der Waals surface area contributed by atoms with Crippen molar-refractivity contribution >= 4 is 23.2 Å². The number of aromatic nitrogens is 6. The number of amides is 1. The smallest absolute Gasteiger partial charge is 0.330 e. The average molecular weight is 624 g/mol. The van der Waals surface area contributed by atoms with E-state index in [1.807, 2.05) is 31.2 Å². The second-order valence-corrected chi connectivity index (χ2v) is 11.9. The van der Waals surface area contributed by atoms with E-state index in [1.54, 1.807) is 22.2 Å². The maximum Gasteiger partial charge on any atom is 0.417 e. The minimum atomic E-state index is -4.71. The van der Waals surface area contributed by atoms with Gasteiger partial charge in [0.15, 0.2) is 5.82 Å². The van der Waals surface area contributed by atoms with Gasteiger partial charge >= 0.3 is 6.18 Å². The van der Waals surface area contributed by atoms with Gasteiger partial charge in [-0.2, -0.15) is 23.4 Å². The van der Waals surface area contributed by atoms with Crippen molar-refractivity contribution in [2.45, 2.75) is 59.3 Å². The first-order chi connectivity index (χ1) is 20.8. The molecule has 228 valence electrons. The van der Waals surface area contributed by atoms with E-state index in [2.05, 4.69) is 34.1 Å². The molecule has 5 aromatic rings. The molecule has 3 aromatic heterocycles. The highest BCUT2D eigenvalue weighted by atomic mass is 35.5. The molecule has 0 bridgehead atoms. The van der Waals surface area contributed by atoms with Crippen LogP contribution in [0.3, 0.4) is 0 Å². The molecule has 44 heavy (non-hydrogen) atoms. The number of nitrogens with zero attached hydrogens (tertiary/aromatic N) is 6. The van der Waals surface area contributed by atoms with Crippen LogP contribution in [0.1, 0.15) is 59.3 Å². The van der Waals surface area contributed by atoms with Crippen molar-refractivity contribution in [2.75, 3.05) is 0 Å². The lowest BCUT2D eigenvalue weighted by molar-refractivity contribution is -0.137. The molecule has 1 atom stereocenters. The van der Waals surface area contributed by atoms with Crippen LogP contribution >= 0.6 is 11.6 Å². The predicted octanol–water partition coefficient (Wildman–Crippen LogP) is 6.04. The number of nitrogens with one attached hydrogen (secondary N) is 1. The Kier molecular flexibility index (Phi) is 7.35. The van der Waals surface area contributed by atoms with E-state index in [4.69, 9.17) is 11.6 Å². The number of fused-ring (bicyclic) bond motifs is 3. The molecule has 0 fully saturated rings. The number of hydrogen-bond donors (Lipinski definition) is 1. The zero-order valence-electron chi connectivity index (χ0n) is 24.4.